The molecule has 0 saturated carbocycles. The van der Waals surface area contributed by atoms with Gasteiger partial charge in [0.15, 0.2) is 0 Å². The van der Waals surface area contributed by atoms with E-state index in [-0.39, 0.29) is 0 Å². The highest BCUT2D eigenvalue weighted by Gasteiger charge is 2.03. The minimum absolute atomic E-state index is 0.679. The van der Waals surface area contributed by atoms with E-state index in [1.807, 2.05) is 19.1 Å². The Labute approximate surface area is 114 Å². The minimum Gasteiger partial charge on any atom is -0.495 e. The second-order valence-corrected chi connectivity index (χ2v) is 4.56. The van der Waals surface area contributed by atoms with E-state index in [0.717, 1.165) is 23.5 Å². The van der Waals surface area contributed by atoms with Gasteiger partial charge in [0.1, 0.15) is 5.75 Å². The fourth-order valence-electron chi connectivity index (χ4n) is 1.98. The number of ether oxygens (including phenoxy) is 1. The van der Waals surface area contributed by atoms with Crippen LogP contribution in [-0.4, -0.2) is 13.7 Å². The van der Waals surface area contributed by atoms with Gasteiger partial charge in [-0.05, 0) is 55.3 Å². The highest BCUT2D eigenvalue weighted by Crippen LogP contribution is 2.28. The Bertz CT molecular complexity index is 535. The summed E-state index contributed by atoms with van der Waals surface area (Å²) in [6.45, 7) is 2.73. The third-order valence-corrected chi connectivity index (χ3v) is 3.02. The largest absolute Gasteiger partial charge is 0.495 e. The molecule has 2 rings (SSSR count). The molecular weight excluding hydrogens is 236 g/mol. The molecule has 2 aromatic rings. The number of aryl methyl sites for hydroxylation is 1. The van der Waals surface area contributed by atoms with Crippen LogP contribution >= 0.6 is 0 Å². The molecule has 100 valence electrons. The van der Waals surface area contributed by atoms with Crippen molar-refractivity contribution >= 4 is 11.4 Å². The lowest BCUT2D eigenvalue weighted by atomic mass is 10.1. The molecule has 19 heavy (non-hydrogen) atoms. The van der Waals surface area contributed by atoms with Crippen LogP contribution in [0.3, 0.4) is 0 Å². The molecule has 0 bridgehead atoms. The van der Waals surface area contributed by atoms with Gasteiger partial charge in [-0.1, -0.05) is 18.2 Å². The van der Waals surface area contributed by atoms with Crippen LogP contribution in [0.15, 0.2) is 42.5 Å². The first kappa shape index (κ1) is 13.4. The van der Waals surface area contributed by atoms with Gasteiger partial charge in [0, 0.05) is 5.69 Å². The van der Waals surface area contributed by atoms with E-state index in [1.165, 1.54) is 11.1 Å². The van der Waals surface area contributed by atoms with Crippen LogP contribution in [0, 0.1) is 6.92 Å². The summed E-state index contributed by atoms with van der Waals surface area (Å²) in [4.78, 5) is 0. The molecule has 0 heterocycles. The van der Waals surface area contributed by atoms with E-state index in [0.29, 0.717) is 6.54 Å². The lowest BCUT2D eigenvalue weighted by molar-refractivity contribution is 0.416. The Morgan fingerprint density at radius 3 is 2.47 bits per heavy atom. The number of nitrogens with one attached hydrogen (secondary N) is 1. The second-order valence-electron chi connectivity index (χ2n) is 4.56. The molecule has 0 amide bonds. The quantitative estimate of drug-likeness (QED) is 0.863. The van der Waals surface area contributed by atoms with Crippen molar-refractivity contribution in [1.29, 1.82) is 0 Å². The van der Waals surface area contributed by atoms with Gasteiger partial charge in [-0.25, -0.2) is 0 Å². The summed E-state index contributed by atoms with van der Waals surface area (Å²) >= 11 is 0. The third kappa shape index (κ3) is 3.48. The van der Waals surface area contributed by atoms with Crippen LogP contribution in [0.4, 0.5) is 11.4 Å². The van der Waals surface area contributed by atoms with Crippen molar-refractivity contribution in [3.63, 3.8) is 0 Å². The maximum Gasteiger partial charge on any atom is 0.142 e. The molecule has 0 fully saturated rings. The van der Waals surface area contributed by atoms with E-state index in [2.05, 4.69) is 35.6 Å². The average molecular weight is 256 g/mol. The molecule has 0 atom stereocenters. The average Bonchev–Trinajstić information content (AvgIpc) is 2.43. The van der Waals surface area contributed by atoms with Crippen molar-refractivity contribution in [2.24, 2.45) is 5.73 Å². The first-order valence-electron chi connectivity index (χ1n) is 6.43. The van der Waals surface area contributed by atoms with Gasteiger partial charge in [-0.15, -0.1) is 0 Å². The first-order valence-corrected chi connectivity index (χ1v) is 6.43. The predicted molar refractivity (Wildman–Crippen MR) is 80.2 cm³/mol. The molecule has 0 unspecified atom stereocenters. The molecule has 2 aromatic carbocycles. The summed E-state index contributed by atoms with van der Waals surface area (Å²) in [6, 6.07) is 14.4. The summed E-state index contributed by atoms with van der Waals surface area (Å²) in [5.74, 6) is 0.853. The summed E-state index contributed by atoms with van der Waals surface area (Å²) in [6.07, 6.45) is 0.911. The molecule has 0 aromatic heterocycles. The van der Waals surface area contributed by atoms with Gasteiger partial charge in [-0.3, -0.25) is 0 Å². The van der Waals surface area contributed by atoms with Gasteiger partial charge >= 0.3 is 0 Å². The Morgan fingerprint density at radius 1 is 1.11 bits per heavy atom. The van der Waals surface area contributed by atoms with Gasteiger partial charge in [0.25, 0.3) is 0 Å². The van der Waals surface area contributed by atoms with Gasteiger partial charge in [-0.2, -0.15) is 0 Å². The van der Waals surface area contributed by atoms with E-state index < -0.39 is 0 Å². The molecular formula is C16H20N2O. The summed E-state index contributed by atoms with van der Waals surface area (Å²) < 4.78 is 5.38. The Hall–Kier alpha value is -2.00. The van der Waals surface area contributed by atoms with Crippen molar-refractivity contribution in [3.8, 4) is 5.75 Å². The van der Waals surface area contributed by atoms with E-state index >= 15 is 0 Å². The number of hydrogen-bond donors (Lipinski definition) is 2. The van der Waals surface area contributed by atoms with Crippen LogP contribution < -0.4 is 15.8 Å². The zero-order valence-corrected chi connectivity index (χ0v) is 11.4. The van der Waals surface area contributed by atoms with Crippen molar-refractivity contribution in [3.05, 3.63) is 53.6 Å². The van der Waals surface area contributed by atoms with Crippen molar-refractivity contribution < 1.29 is 4.74 Å². The first-order chi connectivity index (χ1) is 9.22. The molecule has 0 saturated heterocycles. The second kappa shape index (κ2) is 6.25. The Balaban J connectivity index is 2.16. The Morgan fingerprint density at radius 2 is 1.84 bits per heavy atom. The topological polar surface area (TPSA) is 47.3 Å². The highest BCUT2D eigenvalue weighted by molar-refractivity contribution is 5.66. The third-order valence-electron chi connectivity index (χ3n) is 3.02. The van der Waals surface area contributed by atoms with Gasteiger partial charge in [0.2, 0.25) is 0 Å². The van der Waals surface area contributed by atoms with Crippen LogP contribution in [-0.2, 0) is 6.42 Å². The Kier molecular flexibility index (Phi) is 4.42. The summed E-state index contributed by atoms with van der Waals surface area (Å²) in [5, 5.41) is 3.36. The van der Waals surface area contributed by atoms with Crippen LogP contribution in [0.2, 0.25) is 0 Å². The fraction of sp³-hybridized carbons (Fsp3) is 0.250. The summed E-state index contributed by atoms with van der Waals surface area (Å²) in [5.41, 5.74) is 9.99. The minimum atomic E-state index is 0.679. The fourth-order valence-corrected chi connectivity index (χ4v) is 1.98. The normalized spacial score (nSPS) is 10.3. The SMILES string of the molecule is COc1cc(C)ccc1Nc1ccc(CCN)cc1. The lowest BCUT2D eigenvalue weighted by Gasteiger charge is -2.12. The molecule has 0 spiro atoms. The molecule has 3 N–H and O–H groups in total. The molecule has 3 heteroatoms. The molecule has 0 aliphatic rings. The van der Waals surface area contributed by atoms with E-state index in [4.69, 9.17) is 10.5 Å². The monoisotopic (exact) mass is 256 g/mol. The summed E-state index contributed by atoms with van der Waals surface area (Å²) in [7, 11) is 1.68. The lowest BCUT2D eigenvalue weighted by Crippen LogP contribution is -2.02. The molecule has 0 aliphatic carbocycles. The zero-order chi connectivity index (χ0) is 13.7. The maximum atomic E-state index is 5.54. The van der Waals surface area contributed by atoms with Crippen LogP contribution in [0.25, 0.3) is 0 Å². The standard InChI is InChI=1S/C16H20N2O/c1-12-3-8-15(16(11-12)19-2)18-14-6-4-13(5-7-14)9-10-17/h3-8,11,18H,9-10,17H2,1-2H3. The van der Waals surface area contributed by atoms with Crippen molar-refractivity contribution in [1.82, 2.24) is 0 Å². The number of hydrogen-bond acceptors (Lipinski definition) is 3. The number of methoxy groups -OCH3 is 1. The van der Waals surface area contributed by atoms with Crippen LogP contribution in [0.1, 0.15) is 11.1 Å². The van der Waals surface area contributed by atoms with Gasteiger partial charge < -0.3 is 15.8 Å². The molecule has 0 radical (unpaired) electrons. The van der Waals surface area contributed by atoms with E-state index in [1.54, 1.807) is 7.11 Å². The number of nitrogens with two attached hydrogens (primary N) is 1. The highest BCUT2D eigenvalue weighted by atomic mass is 16.5. The zero-order valence-electron chi connectivity index (χ0n) is 11.4. The molecule has 3 nitrogen and oxygen atoms in total. The number of benzene rings is 2. The molecule has 0 aliphatic heterocycles. The van der Waals surface area contributed by atoms with Gasteiger partial charge in [0.05, 0.1) is 12.8 Å². The van der Waals surface area contributed by atoms with Crippen LogP contribution in [0.5, 0.6) is 5.75 Å². The predicted octanol–water partition coefficient (Wildman–Crippen LogP) is 3.25. The smallest absolute Gasteiger partial charge is 0.142 e. The van der Waals surface area contributed by atoms with E-state index in [9.17, 15) is 0 Å². The number of rotatable bonds is 5. The number of anilines is 2. The maximum absolute atomic E-state index is 5.54. The van der Waals surface area contributed by atoms with Crippen molar-refractivity contribution in [2.45, 2.75) is 13.3 Å². The van der Waals surface area contributed by atoms with Crippen molar-refractivity contribution in [2.75, 3.05) is 19.0 Å².